The van der Waals surface area contributed by atoms with Crippen molar-refractivity contribution in [1.29, 1.82) is 0 Å². The first kappa shape index (κ1) is 15.5. The van der Waals surface area contributed by atoms with Crippen molar-refractivity contribution in [3.05, 3.63) is 72.1 Å². The molecule has 0 bridgehead atoms. The molecule has 4 rings (SSSR count). The third kappa shape index (κ3) is 2.91. The number of hydrogen-bond donors (Lipinski definition) is 1. The lowest BCUT2D eigenvalue weighted by Crippen LogP contribution is -2.30. The van der Waals surface area contributed by atoms with E-state index in [2.05, 4.69) is 17.4 Å². The van der Waals surface area contributed by atoms with Crippen molar-refractivity contribution < 1.29 is 9.21 Å². The molecule has 0 spiro atoms. The van der Waals surface area contributed by atoms with Gasteiger partial charge >= 0.3 is 0 Å². The Morgan fingerprint density at radius 2 is 1.80 bits per heavy atom. The Labute approximate surface area is 146 Å². The highest BCUT2D eigenvalue weighted by Gasteiger charge is 2.15. The first-order chi connectivity index (χ1) is 12.1. The molecule has 2 heterocycles. The maximum absolute atomic E-state index is 12.5. The highest BCUT2D eigenvalue weighted by atomic mass is 16.3. The Balaban J connectivity index is 1.52. The van der Waals surface area contributed by atoms with Crippen molar-refractivity contribution >= 4 is 27.8 Å². The van der Waals surface area contributed by atoms with E-state index in [1.807, 2.05) is 66.9 Å². The van der Waals surface area contributed by atoms with E-state index in [1.165, 1.54) is 0 Å². The molecule has 0 saturated heterocycles. The molecule has 1 N–H and O–H groups in total. The summed E-state index contributed by atoms with van der Waals surface area (Å²) in [6, 6.07) is 19.9. The number of aryl methyl sites for hydroxylation is 1. The van der Waals surface area contributed by atoms with E-state index in [4.69, 9.17) is 4.42 Å². The van der Waals surface area contributed by atoms with Gasteiger partial charge in [0.15, 0.2) is 0 Å². The Kier molecular flexibility index (Phi) is 3.80. The van der Waals surface area contributed by atoms with E-state index in [0.29, 0.717) is 6.54 Å². The number of rotatable bonds is 4. The van der Waals surface area contributed by atoms with Gasteiger partial charge < -0.3 is 14.3 Å². The summed E-state index contributed by atoms with van der Waals surface area (Å²) in [7, 11) is 0. The molecule has 2 aromatic carbocycles. The van der Waals surface area contributed by atoms with Crippen molar-refractivity contribution in [2.24, 2.45) is 0 Å². The zero-order valence-corrected chi connectivity index (χ0v) is 14.3. The van der Waals surface area contributed by atoms with Crippen molar-refractivity contribution in [2.75, 3.05) is 0 Å². The third-order valence-electron chi connectivity index (χ3n) is 4.57. The maximum Gasteiger partial charge on any atom is 0.240 e. The van der Waals surface area contributed by atoms with E-state index >= 15 is 0 Å². The average molecular weight is 332 g/mol. The number of hydrogen-bond acceptors (Lipinski definition) is 2. The second-order valence-electron chi connectivity index (χ2n) is 6.41. The fraction of sp³-hybridized carbons (Fsp3) is 0.190. The van der Waals surface area contributed by atoms with Gasteiger partial charge in [-0.15, -0.1) is 0 Å². The number of benzene rings is 2. The van der Waals surface area contributed by atoms with E-state index in [9.17, 15) is 4.79 Å². The summed E-state index contributed by atoms with van der Waals surface area (Å²) in [6.45, 7) is 4.26. The first-order valence-corrected chi connectivity index (χ1v) is 8.44. The summed E-state index contributed by atoms with van der Waals surface area (Å²) in [5.74, 6) is 0.737. The SMILES string of the molecule is Cc1cc2ccccc2n1CC(=O)N[C@@H](C)c1cc2ccccc2o1. The van der Waals surface area contributed by atoms with E-state index < -0.39 is 0 Å². The van der Waals surface area contributed by atoms with Crippen molar-refractivity contribution in [2.45, 2.75) is 26.4 Å². The Bertz CT molecular complexity index is 1030. The summed E-state index contributed by atoms with van der Waals surface area (Å²) in [5.41, 5.74) is 2.99. The molecule has 126 valence electrons. The van der Waals surface area contributed by atoms with Gasteiger partial charge in [-0.2, -0.15) is 0 Å². The van der Waals surface area contributed by atoms with Crippen LogP contribution in [0.5, 0.6) is 0 Å². The van der Waals surface area contributed by atoms with E-state index in [-0.39, 0.29) is 11.9 Å². The summed E-state index contributed by atoms with van der Waals surface area (Å²) in [5, 5.41) is 5.23. The predicted octanol–water partition coefficient (Wildman–Crippen LogP) is 4.57. The zero-order chi connectivity index (χ0) is 17.4. The van der Waals surface area contributed by atoms with Gasteiger partial charge in [0.05, 0.1) is 6.04 Å². The number of carbonyl (C=O) groups is 1. The van der Waals surface area contributed by atoms with Crippen LogP contribution in [0.2, 0.25) is 0 Å². The summed E-state index contributed by atoms with van der Waals surface area (Å²) < 4.78 is 7.88. The normalized spacial score (nSPS) is 12.6. The highest BCUT2D eigenvalue weighted by Crippen LogP contribution is 2.24. The minimum Gasteiger partial charge on any atom is -0.459 e. The van der Waals surface area contributed by atoms with E-state index in [0.717, 1.165) is 33.3 Å². The average Bonchev–Trinajstić information content (AvgIpc) is 3.16. The molecule has 0 aliphatic rings. The summed E-state index contributed by atoms with van der Waals surface area (Å²) in [4.78, 5) is 12.5. The van der Waals surface area contributed by atoms with Crippen LogP contribution in [-0.4, -0.2) is 10.5 Å². The molecule has 0 aliphatic heterocycles. The Morgan fingerprint density at radius 3 is 2.60 bits per heavy atom. The topological polar surface area (TPSA) is 47.2 Å². The molecule has 0 radical (unpaired) electrons. The number of carbonyl (C=O) groups excluding carboxylic acids is 1. The molecular formula is C21H20N2O2. The van der Waals surface area contributed by atoms with E-state index in [1.54, 1.807) is 0 Å². The molecule has 2 aromatic heterocycles. The van der Waals surface area contributed by atoms with Gasteiger partial charge in [0, 0.05) is 16.6 Å². The largest absolute Gasteiger partial charge is 0.459 e. The number of furan rings is 1. The van der Waals surface area contributed by atoms with Gasteiger partial charge in [0.2, 0.25) is 5.91 Å². The molecular weight excluding hydrogens is 312 g/mol. The van der Waals surface area contributed by atoms with Crippen LogP contribution in [-0.2, 0) is 11.3 Å². The van der Waals surface area contributed by atoms with Gasteiger partial charge in [-0.3, -0.25) is 4.79 Å². The molecule has 4 aromatic rings. The molecule has 0 unspecified atom stereocenters. The molecule has 0 saturated carbocycles. The van der Waals surface area contributed by atoms with Crippen LogP contribution in [0.3, 0.4) is 0 Å². The fourth-order valence-corrected chi connectivity index (χ4v) is 3.28. The predicted molar refractivity (Wildman–Crippen MR) is 99.4 cm³/mol. The van der Waals surface area contributed by atoms with Crippen LogP contribution in [0.4, 0.5) is 0 Å². The van der Waals surface area contributed by atoms with Gasteiger partial charge in [-0.05, 0) is 43.5 Å². The summed E-state index contributed by atoms with van der Waals surface area (Å²) >= 11 is 0. The minimum atomic E-state index is -0.179. The van der Waals surface area contributed by atoms with Crippen molar-refractivity contribution in [3.63, 3.8) is 0 Å². The maximum atomic E-state index is 12.5. The van der Waals surface area contributed by atoms with Crippen molar-refractivity contribution in [3.8, 4) is 0 Å². The second-order valence-corrected chi connectivity index (χ2v) is 6.41. The molecule has 0 fully saturated rings. The smallest absolute Gasteiger partial charge is 0.240 e. The Hall–Kier alpha value is -3.01. The fourth-order valence-electron chi connectivity index (χ4n) is 3.28. The first-order valence-electron chi connectivity index (χ1n) is 8.44. The zero-order valence-electron chi connectivity index (χ0n) is 14.3. The number of nitrogens with zero attached hydrogens (tertiary/aromatic N) is 1. The van der Waals surface area contributed by atoms with Gasteiger partial charge in [-0.25, -0.2) is 0 Å². The molecule has 4 heteroatoms. The van der Waals surface area contributed by atoms with Crippen LogP contribution in [0.15, 0.2) is 65.1 Å². The lowest BCUT2D eigenvalue weighted by atomic mass is 10.2. The second kappa shape index (κ2) is 6.13. The van der Waals surface area contributed by atoms with Crippen LogP contribution in [0.25, 0.3) is 21.9 Å². The van der Waals surface area contributed by atoms with Gasteiger partial charge in [0.25, 0.3) is 0 Å². The molecule has 1 amide bonds. The molecule has 1 atom stereocenters. The van der Waals surface area contributed by atoms with Gasteiger partial charge in [-0.1, -0.05) is 36.4 Å². The Morgan fingerprint density at radius 1 is 1.08 bits per heavy atom. The summed E-state index contributed by atoms with van der Waals surface area (Å²) in [6.07, 6.45) is 0. The number of para-hydroxylation sites is 2. The quantitative estimate of drug-likeness (QED) is 0.595. The third-order valence-corrected chi connectivity index (χ3v) is 4.57. The number of aromatic nitrogens is 1. The number of nitrogens with one attached hydrogen (secondary N) is 1. The van der Waals surface area contributed by atoms with Crippen molar-refractivity contribution in [1.82, 2.24) is 9.88 Å². The van der Waals surface area contributed by atoms with Crippen LogP contribution in [0, 0.1) is 6.92 Å². The number of fused-ring (bicyclic) bond motifs is 2. The number of amides is 1. The van der Waals surface area contributed by atoms with Crippen LogP contribution >= 0.6 is 0 Å². The minimum absolute atomic E-state index is 0.0302. The standard InChI is InChI=1S/C21H20N2O2/c1-14-11-16-7-3-5-9-18(16)23(14)13-21(24)22-15(2)20-12-17-8-4-6-10-19(17)25-20/h3-12,15H,13H2,1-2H3,(H,22,24)/t15-/m0/s1. The van der Waals surface area contributed by atoms with Crippen LogP contribution in [0.1, 0.15) is 24.4 Å². The highest BCUT2D eigenvalue weighted by molar-refractivity contribution is 5.84. The molecule has 0 aliphatic carbocycles. The monoisotopic (exact) mass is 332 g/mol. The molecule has 4 nitrogen and oxygen atoms in total. The lowest BCUT2D eigenvalue weighted by molar-refractivity contribution is -0.122. The lowest BCUT2D eigenvalue weighted by Gasteiger charge is -2.13. The van der Waals surface area contributed by atoms with Gasteiger partial charge in [0.1, 0.15) is 17.9 Å². The van der Waals surface area contributed by atoms with Crippen LogP contribution < -0.4 is 5.32 Å². The molecule has 25 heavy (non-hydrogen) atoms.